The zero-order valence-electron chi connectivity index (χ0n) is 11.1. The van der Waals surface area contributed by atoms with Crippen LogP contribution < -0.4 is 10.6 Å². The van der Waals surface area contributed by atoms with Gasteiger partial charge in [-0.25, -0.2) is 4.98 Å². The average Bonchev–Trinajstić information content (AvgIpc) is 2.35. The number of nitrogens with one attached hydrogen (secondary N) is 2. The number of anilines is 1. The van der Waals surface area contributed by atoms with Crippen LogP contribution in [0, 0.1) is 12.8 Å². The van der Waals surface area contributed by atoms with E-state index in [1.165, 1.54) is 6.92 Å². The zero-order chi connectivity index (χ0) is 14.3. The highest BCUT2D eigenvalue weighted by molar-refractivity contribution is 9.10. The molecule has 1 unspecified atom stereocenters. The summed E-state index contributed by atoms with van der Waals surface area (Å²) in [5.41, 5.74) is 1.05. The first-order valence-corrected chi connectivity index (χ1v) is 6.74. The van der Waals surface area contributed by atoms with Crippen molar-refractivity contribution in [3.63, 3.8) is 0 Å². The Morgan fingerprint density at radius 2 is 2.37 bits per heavy atom. The number of nitrogens with zero attached hydrogens (tertiary/aromatic N) is 1. The third-order valence-electron chi connectivity index (χ3n) is 2.50. The van der Waals surface area contributed by atoms with Crippen molar-refractivity contribution in [1.29, 1.82) is 0 Å². The van der Waals surface area contributed by atoms with Gasteiger partial charge in [0.05, 0.1) is 0 Å². The molecule has 0 aliphatic heterocycles. The molecule has 0 aliphatic rings. The molecule has 0 saturated carbocycles. The molecule has 102 valence electrons. The molecule has 1 atom stereocenters. The lowest BCUT2D eigenvalue weighted by Gasteiger charge is -2.08. The Hall–Kier alpha value is -1.62. The van der Waals surface area contributed by atoms with Gasteiger partial charge in [0.15, 0.2) is 0 Å². The van der Waals surface area contributed by atoms with E-state index < -0.39 is 0 Å². The number of pyridine rings is 1. The molecule has 4 nitrogen and oxygen atoms in total. The number of aromatic nitrogens is 1. The summed E-state index contributed by atoms with van der Waals surface area (Å²) >= 11 is 3.37. The Bertz CT molecular complexity index is 486. The van der Waals surface area contributed by atoms with E-state index in [0.717, 1.165) is 15.9 Å². The Morgan fingerprint density at radius 3 is 2.95 bits per heavy atom. The summed E-state index contributed by atoms with van der Waals surface area (Å²) in [6.07, 6.45) is 7.28. The van der Waals surface area contributed by atoms with Crippen molar-refractivity contribution in [2.45, 2.75) is 13.8 Å². The van der Waals surface area contributed by atoms with Gasteiger partial charge in [-0.15, -0.1) is 6.58 Å². The summed E-state index contributed by atoms with van der Waals surface area (Å²) in [6, 6.07) is 1.99. The zero-order valence-corrected chi connectivity index (χ0v) is 12.7. The van der Waals surface area contributed by atoms with Crippen LogP contribution in [0.15, 0.2) is 41.7 Å². The van der Waals surface area contributed by atoms with Crippen LogP contribution in [-0.4, -0.2) is 17.4 Å². The van der Waals surface area contributed by atoms with E-state index in [1.807, 2.05) is 25.3 Å². The van der Waals surface area contributed by atoms with E-state index in [0.29, 0.717) is 6.54 Å². The molecule has 0 fully saturated rings. The van der Waals surface area contributed by atoms with Crippen molar-refractivity contribution < 1.29 is 4.79 Å². The Balaban J connectivity index is 2.55. The molecule has 1 heterocycles. The van der Waals surface area contributed by atoms with Crippen molar-refractivity contribution in [3.05, 3.63) is 47.2 Å². The number of carbonyl (C=O) groups excluding carboxylic acids is 1. The van der Waals surface area contributed by atoms with Crippen LogP contribution in [0.3, 0.4) is 0 Å². The Morgan fingerprint density at radius 1 is 1.63 bits per heavy atom. The van der Waals surface area contributed by atoms with Crippen LogP contribution in [0.25, 0.3) is 0 Å². The summed E-state index contributed by atoms with van der Waals surface area (Å²) in [4.78, 5) is 15.1. The van der Waals surface area contributed by atoms with E-state index in [2.05, 4.69) is 38.1 Å². The van der Waals surface area contributed by atoms with Crippen molar-refractivity contribution in [2.75, 3.05) is 11.9 Å². The second kappa shape index (κ2) is 7.74. The molecule has 0 aromatic carbocycles. The molecule has 0 aliphatic carbocycles. The lowest BCUT2D eigenvalue weighted by Crippen LogP contribution is -2.25. The smallest absolute Gasteiger partial charge is 0.216 e. The minimum absolute atomic E-state index is 0.0429. The molecule has 0 radical (unpaired) electrons. The number of amides is 1. The fourth-order valence-electron chi connectivity index (χ4n) is 1.43. The molecule has 1 rings (SSSR count). The molecule has 0 saturated heterocycles. The maximum atomic E-state index is 10.8. The van der Waals surface area contributed by atoms with Crippen LogP contribution in [-0.2, 0) is 4.79 Å². The second-order valence-corrected chi connectivity index (χ2v) is 5.07. The van der Waals surface area contributed by atoms with Gasteiger partial charge in [-0.05, 0) is 40.7 Å². The molecule has 19 heavy (non-hydrogen) atoms. The van der Waals surface area contributed by atoms with E-state index in [-0.39, 0.29) is 11.8 Å². The van der Waals surface area contributed by atoms with Gasteiger partial charge in [0.1, 0.15) is 5.82 Å². The number of halogens is 1. The fourth-order valence-corrected chi connectivity index (χ4v) is 1.88. The van der Waals surface area contributed by atoms with E-state index in [4.69, 9.17) is 0 Å². The number of hydrogen-bond donors (Lipinski definition) is 2. The molecule has 1 amide bonds. The lowest BCUT2D eigenvalue weighted by molar-refractivity contribution is -0.119. The minimum Gasteiger partial charge on any atom is -0.355 e. The predicted octanol–water partition coefficient (Wildman–Crippen LogP) is 3.02. The highest BCUT2D eigenvalue weighted by Gasteiger charge is 2.01. The predicted molar refractivity (Wildman–Crippen MR) is 81.8 cm³/mol. The molecule has 0 spiro atoms. The van der Waals surface area contributed by atoms with Crippen molar-refractivity contribution in [2.24, 2.45) is 5.92 Å². The van der Waals surface area contributed by atoms with Crippen LogP contribution in [0.5, 0.6) is 0 Å². The quantitative estimate of drug-likeness (QED) is 0.791. The number of aryl methyl sites for hydroxylation is 1. The third kappa shape index (κ3) is 5.70. The van der Waals surface area contributed by atoms with E-state index >= 15 is 0 Å². The monoisotopic (exact) mass is 323 g/mol. The van der Waals surface area contributed by atoms with Gasteiger partial charge in [0.25, 0.3) is 0 Å². The third-order valence-corrected chi connectivity index (χ3v) is 2.93. The van der Waals surface area contributed by atoms with Gasteiger partial charge in [-0.1, -0.05) is 12.2 Å². The molecule has 1 aromatic heterocycles. The summed E-state index contributed by atoms with van der Waals surface area (Å²) in [5.74, 6) is 0.854. The average molecular weight is 324 g/mol. The van der Waals surface area contributed by atoms with Crippen molar-refractivity contribution in [3.8, 4) is 0 Å². The van der Waals surface area contributed by atoms with Crippen LogP contribution in [0.1, 0.15) is 12.5 Å². The van der Waals surface area contributed by atoms with E-state index in [1.54, 1.807) is 12.3 Å². The van der Waals surface area contributed by atoms with Gasteiger partial charge >= 0.3 is 0 Å². The van der Waals surface area contributed by atoms with Crippen molar-refractivity contribution >= 4 is 27.7 Å². The van der Waals surface area contributed by atoms with Gasteiger partial charge < -0.3 is 10.6 Å². The first-order valence-electron chi connectivity index (χ1n) is 5.95. The second-order valence-electron chi connectivity index (χ2n) is 4.16. The largest absolute Gasteiger partial charge is 0.355 e. The molecular weight excluding hydrogens is 306 g/mol. The van der Waals surface area contributed by atoms with Crippen LogP contribution >= 0.6 is 15.9 Å². The maximum absolute atomic E-state index is 10.8. The molecular formula is C14H18BrN3O. The fraction of sp³-hybridized carbons (Fsp3) is 0.286. The first kappa shape index (κ1) is 15.4. The van der Waals surface area contributed by atoms with Crippen LogP contribution in [0.2, 0.25) is 0 Å². The van der Waals surface area contributed by atoms with Gasteiger partial charge in [0, 0.05) is 30.1 Å². The normalized spacial score (nSPS) is 12.2. The highest BCUT2D eigenvalue weighted by atomic mass is 79.9. The number of rotatable bonds is 6. The minimum atomic E-state index is -0.0429. The van der Waals surface area contributed by atoms with Crippen molar-refractivity contribution in [1.82, 2.24) is 10.3 Å². The summed E-state index contributed by atoms with van der Waals surface area (Å²) < 4.78 is 0.953. The number of carbonyl (C=O) groups is 1. The highest BCUT2D eigenvalue weighted by Crippen LogP contribution is 2.16. The maximum Gasteiger partial charge on any atom is 0.216 e. The lowest BCUT2D eigenvalue weighted by atomic mass is 10.1. The summed E-state index contributed by atoms with van der Waals surface area (Å²) in [7, 11) is 0. The van der Waals surface area contributed by atoms with Gasteiger partial charge in [-0.2, -0.15) is 0 Å². The standard InChI is InChI=1S/C14H18BrN3O/c1-4-12(8-17-11(3)19)5-6-16-14-10(2)7-13(15)9-18-14/h4-7,9,12H,1,8H2,2-3H3,(H,16,18)(H,17,19)/b6-5+. The SMILES string of the molecule is C=CC(/C=C/Nc1ncc(Br)cc1C)CNC(C)=O. The Labute approximate surface area is 122 Å². The topological polar surface area (TPSA) is 54.0 Å². The summed E-state index contributed by atoms with van der Waals surface area (Å²) in [6.45, 7) is 7.77. The van der Waals surface area contributed by atoms with Gasteiger partial charge in [0.2, 0.25) is 5.91 Å². The van der Waals surface area contributed by atoms with Gasteiger partial charge in [-0.3, -0.25) is 4.79 Å². The van der Waals surface area contributed by atoms with Crippen LogP contribution in [0.4, 0.5) is 5.82 Å². The Kier molecular flexibility index (Phi) is 6.29. The summed E-state index contributed by atoms with van der Waals surface area (Å²) in [5, 5.41) is 5.87. The molecule has 5 heteroatoms. The van der Waals surface area contributed by atoms with E-state index in [9.17, 15) is 4.79 Å². The number of hydrogen-bond acceptors (Lipinski definition) is 3. The first-order chi connectivity index (χ1) is 9.02. The molecule has 2 N–H and O–H groups in total. The molecule has 1 aromatic rings. The molecule has 0 bridgehead atoms.